The van der Waals surface area contributed by atoms with Crippen LogP contribution in [0.2, 0.25) is 0 Å². The zero-order valence-electron chi connectivity index (χ0n) is 8.95. The molecule has 1 amide bonds. The quantitative estimate of drug-likeness (QED) is 0.514. The molecule has 0 aliphatic heterocycles. The van der Waals surface area contributed by atoms with Gasteiger partial charge in [-0.05, 0) is 32.1 Å². The second-order valence-corrected chi connectivity index (χ2v) is 3.95. The minimum atomic E-state index is -0.825. The first-order valence-corrected chi connectivity index (χ1v) is 5.27. The predicted octanol–water partition coefficient (Wildman–Crippen LogP) is 1.32. The van der Waals surface area contributed by atoms with E-state index in [1.165, 1.54) is 12.8 Å². The molecule has 1 saturated carbocycles. The van der Waals surface area contributed by atoms with Crippen molar-refractivity contribution in [3.8, 4) is 0 Å². The molecule has 0 aromatic heterocycles. The summed E-state index contributed by atoms with van der Waals surface area (Å²) in [7, 11) is 0. The first kappa shape index (κ1) is 11.8. The number of hydrogen-bond donors (Lipinski definition) is 2. The van der Waals surface area contributed by atoms with Crippen molar-refractivity contribution in [2.75, 3.05) is 6.54 Å². The summed E-state index contributed by atoms with van der Waals surface area (Å²) in [4.78, 5) is 21.5. The minimum absolute atomic E-state index is 0.103. The van der Waals surface area contributed by atoms with E-state index in [0.29, 0.717) is 18.9 Å². The summed E-state index contributed by atoms with van der Waals surface area (Å²) in [6.07, 6.45) is 4.59. The molecular formula is C11H17NO3. The molecule has 0 radical (unpaired) electrons. The Kier molecular flexibility index (Phi) is 4.34. The van der Waals surface area contributed by atoms with Gasteiger partial charge in [0.2, 0.25) is 5.91 Å². The molecule has 15 heavy (non-hydrogen) atoms. The van der Waals surface area contributed by atoms with Gasteiger partial charge in [-0.2, -0.15) is 0 Å². The van der Waals surface area contributed by atoms with E-state index in [-0.39, 0.29) is 12.3 Å². The van der Waals surface area contributed by atoms with Crippen LogP contribution in [0.15, 0.2) is 11.6 Å². The van der Waals surface area contributed by atoms with Crippen LogP contribution >= 0.6 is 0 Å². The van der Waals surface area contributed by atoms with Crippen LogP contribution in [0.3, 0.4) is 0 Å². The lowest BCUT2D eigenvalue weighted by Crippen LogP contribution is -2.23. The SMILES string of the molecule is CC(=CC(=O)NCCCC(=O)O)C1CC1. The van der Waals surface area contributed by atoms with Gasteiger partial charge in [0.15, 0.2) is 0 Å². The fraction of sp³-hybridized carbons (Fsp3) is 0.636. The molecule has 2 N–H and O–H groups in total. The van der Waals surface area contributed by atoms with Crippen molar-refractivity contribution in [2.24, 2.45) is 5.92 Å². The second-order valence-electron chi connectivity index (χ2n) is 3.95. The molecule has 84 valence electrons. The maximum absolute atomic E-state index is 11.3. The van der Waals surface area contributed by atoms with E-state index in [1.807, 2.05) is 6.92 Å². The van der Waals surface area contributed by atoms with Crippen LogP contribution in [0.4, 0.5) is 0 Å². The van der Waals surface area contributed by atoms with Crippen LogP contribution in [0.5, 0.6) is 0 Å². The van der Waals surface area contributed by atoms with Crippen LogP contribution in [-0.4, -0.2) is 23.5 Å². The summed E-state index contributed by atoms with van der Waals surface area (Å²) in [6, 6.07) is 0. The van der Waals surface area contributed by atoms with Crippen molar-refractivity contribution in [3.05, 3.63) is 11.6 Å². The number of carbonyl (C=O) groups is 2. The number of rotatable bonds is 6. The maximum atomic E-state index is 11.3. The molecule has 0 aromatic rings. The Balaban J connectivity index is 2.12. The van der Waals surface area contributed by atoms with E-state index in [4.69, 9.17) is 5.11 Å². The lowest BCUT2D eigenvalue weighted by molar-refractivity contribution is -0.137. The Bertz CT molecular complexity index is 280. The molecule has 4 nitrogen and oxygen atoms in total. The lowest BCUT2D eigenvalue weighted by Gasteiger charge is -2.01. The second kappa shape index (κ2) is 5.53. The summed E-state index contributed by atoms with van der Waals surface area (Å²) in [5, 5.41) is 11.1. The van der Waals surface area contributed by atoms with Crippen molar-refractivity contribution in [1.29, 1.82) is 0 Å². The molecule has 0 heterocycles. The molecule has 0 saturated heterocycles. The van der Waals surface area contributed by atoms with Gasteiger partial charge in [-0.3, -0.25) is 9.59 Å². The largest absolute Gasteiger partial charge is 0.481 e. The fourth-order valence-corrected chi connectivity index (χ4v) is 1.37. The van der Waals surface area contributed by atoms with Gasteiger partial charge in [-0.25, -0.2) is 0 Å². The highest BCUT2D eigenvalue weighted by molar-refractivity contribution is 5.88. The highest BCUT2D eigenvalue weighted by Gasteiger charge is 2.23. The summed E-state index contributed by atoms with van der Waals surface area (Å²) in [6.45, 7) is 2.40. The average molecular weight is 211 g/mol. The molecule has 0 unspecified atom stereocenters. The maximum Gasteiger partial charge on any atom is 0.303 e. The number of carboxylic acid groups (broad SMARTS) is 1. The third-order valence-electron chi connectivity index (χ3n) is 2.45. The Morgan fingerprint density at radius 2 is 2.13 bits per heavy atom. The van der Waals surface area contributed by atoms with Crippen LogP contribution in [0.1, 0.15) is 32.6 Å². The first-order chi connectivity index (χ1) is 7.09. The number of hydrogen-bond acceptors (Lipinski definition) is 2. The Hall–Kier alpha value is -1.32. The van der Waals surface area contributed by atoms with Crippen LogP contribution in [-0.2, 0) is 9.59 Å². The standard InChI is InChI=1S/C11H17NO3/c1-8(9-4-5-9)7-10(13)12-6-2-3-11(14)15/h7,9H,2-6H2,1H3,(H,12,13)(H,14,15). The minimum Gasteiger partial charge on any atom is -0.481 e. The van der Waals surface area contributed by atoms with Crippen LogP contribution in [0.25, 0.3) is 0 Å². The molecule has 1 fully saturated rings. The molecule has 1 rings (SSSR count). The number of aliphatic carboxylic acids is 1. The summed E-state index contributed by atoms with van der Waals surface area (Å²) < 4.78 is 0. The molecule has 0 atom stereocenters. The third kappa shape index (κ3) is 5.20. The molecule has 0 aromatic carbocycles. The zero-order valence-corrected chi connectivity index (χ0v) is 8.95. The highest BCUT2D eigenvalue weighted by atomic mass is 16.4. The summed E-state index contributed by atoms with van der Waals surface area (Å²) in [5.74, 6) is -0.325. The van der Waals surface area contributed by atoms with Crippen molar-refractivity contribution in [1.82, 2.24) is 5.32 Å². The average Bonchev–Trinajstić information content (AvgIpc) is 2.94. The van der Waals surface area contributed by atoms with Gasteiger partial charge in [0.25, 0.3) is 0 Å². The third-order valence-corrected chi connectivity index (χ3v) is 2.45. The van der Waals surface area contributed by atoms with Crippen LogP contribution in [0, 0.1) is 5.92 Å². The number of amides is 1. The van der Waals surface area contributed by atoms with E-state index in [2.05, 4.69) is 5.32 Å². The van der Waals surface area contributed by atoms with E-state index in [9.17, 15) is 9.59 Å². The molecule has 4 heteroatoms. The Labute approximate surface area is 89.4 Å². The molecular weight excluding hydrogens is 194 g/mol. The van der Waals surface area contributed by atoms with E-state index in [1.54, 1.807) is 6.08 Å². The summed E-state index contributed by atoms with van der Waals surface area (Å²) >= 11 is 0. The molecule has 1 aliphatic carbocycles. The normalized spacial score (nSPS) is 16.2. The van der Waals surface area contributed by atoms with E-state index < -0.39 is 5.97 Å². The lowest BCUT2D eigenvalue weighted by atomic mass is 10.2. The van der Waals surface area contributed by atoms with Gasteiger partial charge < -0.3 is 10.4 Å². The van der Waals surface area contributed by atoms with E-state index >= 15 is 0 Å². The van der Waals surface area contributed by atoms with Crippen molar-refractivity contribution in [3.63, 3.8) is 0 Å². The smallest absolute Gasteiger partial charge is 0.303 e. The first-order valence-electron chi connectivity index (χ1n) is 5.27. The van der Waals surface area contributed by atoms with Gasteiger partial charge in [-0.15, -0.1) is 0 Å². The molecule has 0 bridgehead atoms. The van der Waals surface area contributed by atoms with Crippen LogP contribution < -0.4 is 5.32 Å². The van der Waals surface area contributed by atoms with Gasteiger partial charge >= 0.3 is 5.97 Å². The van der Waals surface area contributed by atoms with Crippen molar-refractivity contribution < 1.29 is 14.7 Å². The number of carboxylic acids is 1. The monoisotopic (exact) mass is 211 g/mol. The van der Waals surface area contributed by atoms with Gasteiger partial charge in [0.05, 0.1) is 0 Å². The number of allylic oxidation sites excluding steroid dienone is 1. The molecule has 0 spiro atoms. The van der Waals surface area contributed by atoms with Crippen molar-refractivity contribution >= 4 is 11.9 Å². The predicted molar refractivity (Wildman–Crippen MR) is 56.4 cm³/mol. The topological polar surface area (TPSA) is 66.4 Å². The highest BCUT2D eigenvalue weighted by Crippen LogP contribution is 2.35. The Morgan fingerprint density at radius 3 is 2.67 bits per heavy atom. The molecule has 1 aliphatic rings. The van der Waals surface area contributed by atoms with Gasteiger partial charge in [-0.1, -0.05) is 5.57 Å². The zero-order chi connectivity index (χ0) is 11.3. The summed E-state index contributed by atoms with van der Waals surface area (Å²) in [5.41, 5.74) is 1.13. The van der Waals surface area contributed by atoms with E-state index in [0.717, 1.165) is 5.57 Å². The number of nitrogens with one attached hydrogen (secondary N) is 1. The number of carbonyl (C=O) groups excluding carboxylic acids is 1. The van der Waals surface area contributed by atoms with Crippen molar-refractivity contribution in [2.45, 2.75) is 32.6 Å². The fourth-order valence-electron chi connectivity index (χ4n) is 1.37. The van der Waals surface area contributed by atoms with Gasteiger partial charge in [0.1, 0.15) is 0 Å². The van der Waals surface area contributed by atoms with Gasteiger partial charge in [0, 0.05) is 19.0 Å². The Morgan fingerprint density at radius 1 is 1.47 bits per heavy atom.